The van der Waals surface area contributed by atoms with Gasteiger partial charge >= 0.3 is 0 Å². The molecule has 1 aliphatic carbocycles. The third-order valence-corrected chi connectivity index (χ3v) is 2.49. The molecule has 0 amide bonds. The van der Waals surface area contributed by atoms with E-state index in [2.05, 4.69) is 4.98 Å². The van der Waals surface area contributed by atoms with Crippen molar-refractivity contribution in [2.75, 3.05) is 5.73 Å². The smallest absolute Gasteiger partial charge is 0.142 e. The van der Waals surface area contributed by atoms with E-state index in [1.165, 1.54) is 0 Å². The van der Waals surface area contributed by atoms with E-state index in [1.54, 1.807) is 18.3 Å². The summed E-state index contributed by atoms with van der Waals surface area (Å²) in [7, 11) is 0. The molecule has 0 saturated heterocycles. The van der Waals surface area contributed by atoms with Gasteiger partial charge in [0.25, 0.3) is 0 Å². The molecule has 13 heavy (non-hydrogen) atoms. The number of nitrogens with zero attached hydrogens (tertiary/aromatic N) is 1. The fourth-order valence-electron chi connectivity index (χ4n) is 1.79. The first-order valence-corrected chi connectivity index (χ1v) is 4.27. The number of hydrogen-bond donors (Lipinski definition) is 2. The fraction of sp³-hybridized carbons (Fsp3) is 0.444. The van der Waals surface area contributed by atoms with E-state index < -0.39 is 5.67 Å². The van der Waals surface area contributed by atoms with Crippen LogP contribution in [0.25, 0.3) is 0 Å². The van der Waals surface area contributed by atoms with Crippen molar-refractivity contribution in [2.45, 2.75) is 24.6 Å². The van der Waals surface area contributed by atoms with Crippen LogP contribution in [0, 0.1) is 0 Å². The molecule has 1 fully saturated rings. The van der Waals surface area contributed by atoms with Crippen molar-refractivity contribution in [3.63, 3.8) is 0 Å². The summed E-state index contributed by atoms with van der Waals surface area (Å²) in [4.78, 5) is 3.85. The normalized spacial score (nSPS) is 32.6. The number of rotatable bonds is 1. The van der Waals surface area contributed by atoms with Crippen LogP contribution in [-0.4, -0.2) is 11.0 Å². The molecular formula is C9H12FN3. The van der Waals surface area contributed by atoms with E-state index in [0.717, 1.165) is 0 Å². The zero-order valence-corrected chi connectivity index (χ0v) is 7.20. The summed E-state index contributed by atoms with van der Waals surface area (Å²) < 4.78 is 13.9. The maximum Gasteiger partial charge on any atom is 0.142 e. The molecule has 4 heteroatoms. The number of nitrogens with two attached hydrogens (primary N) is 2. The Labute approximate surface area is 76.0 Å². The van der Waals surface area contributed by atoms with Crippen molar-refractivity contribution in [1.82, 2.24) is 4.98 Å². The molecule has 0 spiro atoms. The highest BCUT2D eigenvalue weighted by molar-refractivity contribution is 5.44. The minimum Gasteiger partial charge on any atom is -0.383 e. The molecule has 0 bridgehead atoms. The molecule has 4 N–H and O–H groups in total. The van der Waals surface area contributed by atoms with Gasteiger partial charge in [0.05, 0.1) is 0 Å². The standard InChI is InChI=1S/C9H12FN3/c10-9(4-6(11)5-9)7-2-1-3-13-8(7)12/h1-3,6H,4-5,11H2,(H2,12,13). The third-order valence-electron chi connectivity index (χ3n) is 2.49. The van der Waals surface area contributed by atoms with E-state index in [-0.39, 0.29) is 11.9 Å². The monoisotopic (exact) mass is 181 g/mol. The molecule has 1 aromatic heterocycles. The predicted octanol–water partition coefficient (Wildman–Crippen LogP) is 0.950. The van der Waals surface area contributed by atoms with Gasteiger partial charge in [-0.15, -0.1) is 0 Å². The molecule has 70 valence electrons. The molecule has 0 radical (unpaired) electrons. The van der Waals surface area contributed by atoms with Crippen molar-refractivity contribution >= 4 is 5.82 Å². The predicted molar refractivity (Wildman–Crippen MR) is 48.6 cm³/mol. The van der Waals surface area contributed by atoms with Gasteiger partial charge in [0.2, 0.25) is 0 Å². The average molecular weight is 181 g/mol. The number of aromatic nitrogens is 1. The van der Waals surface area contributed by atoms with Crippen LogP contribution in [-0.2, 0) is 5.67 Å². The first kappa shape index (κ1) is 8.44. The van der Waals surface area contributed by atoms with Gasteiger partial charge in [0.1, 0.15) is 11.5 Å². The van der Waals surface area contributed by atoms with Crippen LogP contribution in [0.1, 0.15) is 18.4 Å². The largest absolute Gasteiger partial charge is 0.383 e. The van der Waals surface area contributed by atoms with E-state index in [4.69, 9.17) is 11.5 Å². The summed E-state index contributed by atoms with van der Waals surface area (Å²) in [6, 6.07) is 3.33. The Balaban J connectivity index is 2.31. The summed E-state index contributed by atoms with van der Waals surface area (Å²) >= 11 is 0. The maximum atomic E-state index is 13.9. The van der Waals surface area contributed by atoms with Crippen molar-refractivity contribution in [3.05, 3.63) is 23.9 Å². The number of hydrogen-bond acceptors (Lipinski definition) is 3. The molecule has 0 unspecified atom stereocenters. The summed E-state index contributed by atoms with van der Waals surface area (Å²) in [6.07, 6.45) is 2.26. The van der Waals surface area contributed by atoms with Crippen LogP contribution in [0.5, 0.6) is 0 Å². The van der Waals surface area contributed by atoms with Crippen molar-refractivity contribution < 1.29 is 4.39 Å². The zero-order chi connectivity index (χ0) is 9.47. The number of alkyl halides is 1. The van der Waals surface area contributed by atoms with Gasteiger partial charge in [-0.05, 0) is 6.07 Å². The van der Waals surface area contributed by atoms with Crippen LogP contribution in [0.4, 0.5) is 10.2 Å². The number of anilines is 1. The Bertz CT molecular complexity index is 320. The van der Waals surface area contributed by atoms with Gasteiger partial charge < -0.3 is 11.5 Å². The van der Waals surface area contributed by atoms with Crippen LogP contribution in [0.3, 0.4) is 0 Å². The second-order valence-electron chi connectivity index (χ2n) is 3.57. The van der Waals surface area contributed by atoms with E-state index in [1.807, 2.05) is 0 Å². The number of pyridine rings is 1. The first-order valence-electron chi connectivity index (χ1n) is 4.27. The van der Waals surface area contributed by atoms with E-state index >= 15 is 0 Å². The molecule has 0 aliphatic heterocycles. The van der Waals surface area contributed by atoms with Crippen molar-refractivity contribution in [1.29, 1.82) is 0 Å². The Hall–Kier alpha value is -1.16. The highest BCUT2D eigenvalue weighted by Crippen LogP contribution is 2.45. The quantitative estimate of drug-likeness (QED) is 0.678. The van der Waals surface area contributed by atoms with Gasteiger partial charge in [0, 0.05) is 30.6 Å². The van der Waals surface area contributed by atoms with Gasteiger partial charge in [-0.25, -0.2) is 9.37 Å². The molecule has 0 atom stereocenters. The summed E-state index contributed by atoms with van der Waals surface area (Å²) in [6.45, 7) is 0. The molecule has 1 aliphatic rings. The highest BCUT2D eigenvalue weighted by Gasteiger charge is 2.45. The Kier molecular flexibility index (Phi) is 1.73. The lowest BCUT2D eigenvalue weighted by molar-refractivity contribution is 0.0411. The summed E-state index contributed by atoms with van der Waals surface area (Å²) in [5, 5.41) is 0. The lowest BCUT2D eigenvalue weighted by atomic mass is 9.73. The minimum absolute atomic E-state index is 0.0374. The van der Waals surface area contributed by atoms with Crippen LogP contribution < -0.4 is 11.5 Å². The third kappa shape index (κ3) is 1.27. The second kappa shape index (κ2) is 2.67. The SMILES string of the molecule is Nc1ncccc1C1(F)CC(N)C1. The number of halogens is 1. The Morgan fingerprint density at radius 2 is 2.23 bits per heavy atom. The van der Waals surface area contributed by atoms with Crippen molar-refractivity contribution in [3.8, 4) is 0 Å². The highest BCUT2D eigenvalue weighted by atomic mass is 19.1. The fourth-order valence-corrected chi connectivity index (χ4v) is 1.79. The van der Waals surface area contributed by atoms with Crippen LogP contribution >= 0.6 is 0 Å². The van der Waals surface area contributed by atoms with Crippen molar-refractivity contribution in [2.24, 2.45) is 5.73 Å². The molecule has 2 rings (SSSR count). The number of nitrogen functional groups attached to an aromatic ring is 1. The van der Waals surface area contributed by atoms with Gasteiger partial charge in [-0.3, -0.25) is 0 Å². The molecule has 0 aromatic carbocycles. The first-order chi connectivity index (χ1) is 6.12. The van der Waals surface area contributed by atoms with Crippen LogP contribution in [0.15, 0.2) is 18.3 Å². The van der Waals surface area contributed by atoms with Gasteiger partial charge in [-0.2, -0.15) is 0 Å². The summed E-state index contributed by atoms with van der Waals surface area (Å²) in [5.74, 6) is 0.275. The molecular weight excluding hydrogens is 169 g/mol. The van der Waals surface area contributed by atoms with E-state index in [9.17, 15) is 4.39 Å². The minimum atomic E-state index is -1.34. The van der Waals surface area contributed by atoms with Gasteiger partial charge in [-0.1, -0.05) is 6.07 Å². The Morgan fingerprint density at radius 1 is 1.54 bits per heavy atom. The molecule has 3 nitrogen and oxygen atoms in total. The lowest BCUT2D eigenvalue weighted by Gasteiger charge is -2.39. The molecule has 1 saturated carbocycles. The second-order valence-corrected chi connectivity index (χ2v) is 3.57. The maximum absolute atomic E-state index is 13.9. The molecule has 1 heterocycles. The molecule has 1 aromatic rings. The van der Waals surface area contributed by atoms with E-state index in [0.29, 0.717) is 18.4 Å². The average Bonchev–Trinajstić information content (AvgIpc) is 2.02. The Morgan fingerprint density at radius 3 is 2.77 bits per heavy atom. The zero-order valence-electron chi connectivity index (χ0n) is 7.20. The topological polar surface area (TPSA) is 64.9 Å². The van der Waals surface area contributed by atoms with Crippen LogP contribution in [0.2, 0.25) is 0 Å². The van der Waals surface area contributed by atoms with Gasteiger partial charge in [0.15, 0.2) is 0 Å². The lowest BCUT2D eigenvalue weighted by Crippen LogP contribution is -2.46. The summed E-state index contributed by atoms with van der Waals surface area (Å²) in [5.41, 5.74) is 10.3.